The van der Waals surface area contributed by atoms with Crippen molar-refractivity contribution in [2.45, 2.75) is 38.3 Å². The average molecular weight is 224 g/mol. The second-order valence-electron chi connectivity index (χ2n) is 4.59. The second kappa shape index (κ2) is 5.36. The minimum Gasteiger partial charge on any atom is -0.306 e. The molecule has 1 aromatic heterocycles. The first-order valence-electron chi connectivity index (χ1n) is 5.93. The van der Waals surface area contributed by atoms with Gasteiger partial charge < -0.3 is 10.2 Å². The summed E-state index contributed by atoms with van der Waals surface area (Å²) in [5, 5.41) is 17.6. The Balaban J connectivity index is 1.84. The zero-order chi connectivity index (χ0) is 11.4. The zero-order valence-electron chi connectivity index (χ0n) is 9.98. The first kappa shape index (κ1) is 11.5. The van der Waals surface area contributed by atoms with Crippen molar-refractivity contribution < 1.29 is 0 Å². The van der Waals surface area contributed by atoms with Gasteiger partial charge in [0.2, 0.25) is 0 Å². The number of hydrogen-bond donors (Lipinski definition) is 2. The molecule has 6 nitrogen and oxygen atoms in total. The Labute approximate surface area is 95.8 Å². The highest BCUT2D eigenvalue weighted by molar-refractivity contribution is 4.88. The van der Waals surface area contributed by atoms with E-state index in [0.717, 1.165) is 12.4 Å². The standard InChI is InChI=1S/C10H20N6/c1-8(10-12-14-15-13-10)11-9-4-3-6-16(2)7-5-9/h8-9,11H,3-7H2,1-2H3,(H,12,13,14,15). The SMILES string of the molecule is CC(NC1CCCN(C)CC1)c1nn[nH]n1. The number of nitrogens with one attached hydrogen (secondary N) is 2. The summed E-state index contributed by atoms with van der Waals surface area (Å²) >= 11 is 0. The highest BCUT2D eigenvalue weighted by Crippen LogP contribution is 2.13. The normalized spacial score (nSPS) is 25.2. The second-order valence-corrected chi connectivity index (χ2v) is 4.59. The molecule has 0 aliphatic carbocycles. The molecule has 16 heavy (non-hydrogen) atoms. The van der Waals surface area contributed by atoms with Crippen molar-refractivity contribution in [3.63, 3.8) is 0 Å². The smallest absolute Gasteiger partial charge is 0.191 e. The van der Waals surface area contributed by atoms with Crippen molar-refractivity contribution in [2.75, 3.05) is 20.1 Å². The molecule has 0 bridgehead atoms. The quantitative estimate of drug-likeness (QED) is 0.774. The average Bonchev–Trinajstić information content (AvgIpc) is 2.72. The van der Waals surface area contributed by atoms with Crippen LogP contribution in [0.4, 0.5) is 0 Å². The van der Waals surface area contributed by atoms with Crippen LogP contribution in [0.5, 0.6) is 0 Å². The highest BCUT2D eigenvalue weighted by atomic mass is 15.5. The first-order chi connectivity index (χ1) is 7.75. The molecular weight excluding hydrogens is 204 g/mol. The number of rotatable bonds is 3. The molecule has 0 spiro atoms. The van der Waals surface area contributed by atoms with Gasteiger partial charge in [-0.05, 0) is 46.3 Å². The maximum absolute atomic E-state index is 4.00. The number of aromatic nitrogens is 4. The Hall–Kier alpha value is -1.01. The largest absolute Gasteiger partial charge is 0.306 e. The minimum absolute atomic E-state index is 0.173. The number of likely N-dealkylation sites (tertiary alicyclic amines) is 1. The van der Waals surface area contributed by atoms with Crippen LogP contribution in [0.15, 0.2) is 0 Å². The van der Waals surface area contributed by atoms with Crippen LogP contribution in [0, 0.1) is 0 Å². The highest BCUT2D eigenvalue weighted by Gasteiger charge is 2.18. The molecule has 1 aromatic rings. The Kier molecular flexibility index (Phi) is 3.84. The van der Waals surface area contributed by atoms with E-state index in [0.29, 0.717) is 6.04 Å². The van der Waals surface area contributed by atoms with Crippen LogP contribution in [0.25, 0.3) is 0 Å². The third-order valence-electron chi connectivity index (χ3n) is 3.19. The maximum atomic E-state index is 4.00. The van der Waals surface area contributed by atoms with Gasteiger partial charge in [-0.25, -0.2) is 0 Å². The molecule has 2 N–H and O–H groups in total. The molecule has 2 heterocycles. The summed E-state index contributed by atoms with van der Waals surface area (Å²) in [4.78, 5) is 2.39. The monoisotopic (exact) mass is 224 g/mol. The van der Waals surface area contributed by atoms with Crippen molar-refractivity contribution in [1.82, 2.24) is 30.8 Å². The summed E-state index contributed by atoms with van der Waals surface area (Å²) in [6, 6.07) is 0.741. The van der Waals surface area contributed by atoms with E-state index in [1.807, 2.05) is 0 Å². The van der Waals surface area contributed by atoms with Crippen LogP contribution in [0.2, 0.25) is 0 Å². The van der Waals surface area contributed by atoms with Gasteiger partial charge in [0, 0.05) is 6.04 Å². The molecule has 6 heteroatoms. The summed E-state index contributed by atoms with van der Waals surface area (Å²) in [5.74, 6) is 0.748. The first-order valence-corrected chi connectivity index (χ1v) is 5.93. The van der Waals surface area contributed by atoms with E-state index in [1.54, 1.807) is 0 Å². The fourth-order valence-electron chi connectivity index (χ4n) is 2.19. The molecule has 2 atom stereocenters. The summed E-state index contributed by atoms with van der Waals surface area (Å²) in [6.07, 6.45) is 3.68. The summed E-state index contributed by atoms with van der Waals surface area (Å²) in [6.45, 7) is 4.45. The van der Waals surface area contributed by atoms with E-state index < -0.39 is 0 Å². The van der Waals surface area contributed by atoms with E-state index in [-0.39, 0.29) is 6.04 Å². The Morgan fingerprint density at radius 2 is 2.31 bits per heavy atom. The lowest BCUT2D eigenvalue weighted by molar-refractivity contribution is 0.339. The lowest BCUT2D eigenvalue weighted by Gasteiger charge is -2.19. The van der Waals surface area contributed by atoms with E-state index in [9.17, 15) is 0 Å². The third-order valence-corrected chi connectivity index (χ3v) is 3.19. The van der Waals surface area contributed by atoms with Crippen LogP contribution in [-0.2, 0) is 0 Å². The van der Waals surface area contributed by atoms with Gasteiger partial charge in [-0.2, -0.15) is 5.21 Å². The van der Waals surface area contributed by atoms with E-state index in [2.05, 4.69) is 44.8 Å². The van der Waals surface area contributed by atoms with Crippen LogP contribution in [0.1, 0.15) is 38.1 Å². The van der Waals surface area contributed by atoms with Crippen molar-refractivity contribution >= 4 is 0 Å². The van der Waals surface area contributed by atoms with Gasteiger partial charge in [-0.1, -0.05) is 5.21 Å². The van der Waals surface area contributed by atoms with Crippen LogP contribution in [0.3, 0.4) is 0 Å². The van der Waals surface area contributed by atoms with Gasteiger partial charge in [0.05, 0.1) is 6.04 Å². The number of aromatic amines is 1. The lowest BCUT2D eigenvalue weighted by atomic mass is 10.1. The Bertz CT molecular complexity index is 298. The van der Waals surface area contributed by atoms with Crippen LogP contribution < -0.4 is 5.32 Å². The summed E-state index contributed by atoms with van der Waals surface area (Å²) in [5.41, 5.74) is 0. The molecule has 0 radical (unpaired) electrons. The van der Waals surface area contributed by atoms with Crippen molar-refractivity contribution in [2.24, 2.45) is 0 Å². The number of hydrogen-bond acceptors (Lipinski definition) is 5. The summed E-state index contributed by atoms with van der Waals surface area (Å²) < 4.78 is 0. The minimum atomic E-state index is 0.173. The number of nitrogens with zero attached hydrogens (tertiary/aromatic N) is 4. The number of tetrazole rings is 1. The molecule has 90 valence electrons. The molecule has 1 aliphatic heterocycles. The molecule has 0 saturated carbocycles. The van der Waals surface area contributed by atoms with Gasteiger partial charge in [0.15, 0.2) is 5.82 Å². The van der Waals surface area contributed by atoms with Gasteiger partial charge >= 0.3 is 0 Å². The Morgan fingerprint density at radius 3 is 3.06 bits per heavy atom. The number of H-pyrrole nitrogens is 1. The fraction of sp³-hybridized carbons (Fsp3) is 0.900. The molecule has 2 unspecified atom stereocenters. The maximum Gasteiger partial charge on any atom is 0.191 e. The zero-order valence-corrected chi connectivity index (χ0v) is 9.98. The van der Waals surface area contributed by atoms with Crippen molar-refractivity contribution in [1.29, 1.82) is 0 Å². The molecule has 1 fully saturated rings. The van der Waals surface area contributed by atoms with Crippen LogP contribution >= 0.6 is 0 Å². The predicted octanol–water partition coefficient (Wildman–Crippen LogP) is 0.335. The molecule has 1 saturated heterocycles. The van der Waals surface area contributed by atoms with E-state index >= 15 is 0 Å². The molecule has 0 aromatic carbocycles. The van der Waals surface area contributed by atoms with Crippen LogP contribution in [-0.4, -0.2) is 51.7 Å². The van der Waals surface area contributed by atoms with Gasteiger partial charge in [0.25, 0.3) is 0 Å². The fourth-order valence-corrected chi connectivity index (χ4v) is 2.19. The predicted molar refractivity (Wildman–Crippen MR) is 60.9 cm³/mol. The molecule has 0 amide bonds. The van der Waals surface area contributed by atoms with Gasteiger partial charge in [0.1, 0.15) is 0 Å². The van der Waals surface area contributed by atoms with Crippen molar-refractivity contribution in [3.05, 3.63) is 5.82 Å². The lowest BCUT2D eigenvalue weighted by Crippen LogP contribution is -2.33. The molecule has 2 rings (SSSR count). The van der Waals surface area contributed by atoms with Gasteiger partial charge in [-0.3, -0.25) is 0 Å². The topological polar surface area (TPSA) is 69.7 Å². The van der Waals surface area contributed by atoms with Crippen molar-refractivity contribution in [3.8, 4) is 0 Å². The third kappa shape index (κ3) is 2.99. The summed E-state index contributed by atoms with van der Waals surface area (Å²) in [7, 11) is 2.19. The van der Waals surface area contributed by atoms with E-state index in [4.69, 9.17) is 0 Å². The molecule has 1 aliphatic rings. The van der Waals surface area contributed by atoms with Gasteiger partial charge in [-0.15, -0.1) is 10.2 Å². The Morgan fingerprint density at radius 1 is 1.44 bits per heavy atom. The molecular formula is C10H20N6. The van der Waals surface area contributed by atoms with E-state index in [1.165, 1.54) is 25.8 Å².